The van der Waals surface area contributed by atoms with Gasteiger partial charge in [0.05, 0.1) is 18.8 Å². The third kappa shape index (κ3) is 4.25. The molecule has 22 heavy (non-hydrogen) atoms. The van der Waals surface area contributed by atoms with Gasteiger partial charge in [-0.3, -0.25) is 9.48 Å². The molecule has 1 atom stereocenters. The third-order valence-corrected chi connectivity index (χ3v) is 3.49. The summed E-state index contributed by atoms with van der Waals surface area (Å²) in [6, 6.07) is 3.91. The fourth-order valence-corrected chi connectivity index (χ4v) is 2.26. The summed E-state index contributed by atoms with van der Waals surface area (Å²) in [6.45, 7) is -0.253. The second-order valence-electron chi connectivity index (χ2n) is 4.69. The number of aliphatic hydroxyl groups is 1. The van der Waals surface area contributed by atoms with Gasteiger partial charge in [-0.15, -0.1) is 0 Å². The highest BCUT2D eigenvalue weighted by Gasteiger charge is 2.13. The fraction of sp³-hybridized carbons (Fsp3) is 0.200. The van der Waals surface area contributed by atoms with E-state index in [1.807, 2.05) is 0 Å². The van der Waals surface area contributed by atoms with Crippen molar-refractivity contribution in [2.24, 2.45) is 7.05 Å². The molecule has 0 aliphatic rings. The minimum Gasteiger partial charge on any atom is -0.394 e. The van der Waals surface area contributed by atoms with Gasteiger partial charge in [0.25, 0.3) is 0 Å². The number of nitrogens with zero attached hydrogens (tertiary/aromatic N) is 2. The molecular formula is C15H15BrFN3O2. The highest BCUT2D eigenvalue weighted by atomic mass is 79.9. The quantitative estimate of drug-likeness (QED) is 0.796. The first-order chi connectivity index (χ1) is 10.5. The van der Waals surface area contributed by atoms with Gasteiger partial charge in [0.15, 0.2) is 0 Å². The number of hydrogen-bond acceptors (Lipinski definition) is 3. The van der Waals surface area contributed by atoms with Gasteiger partial charge in [-0.05, 0) is 24.3 Å². The number of carbonyl (C=O) groups excluding carboxylic acids is 1. The molecule has 0 fully saturated rings. The van der Waals surface area contributed by atoms with Crippen molar-refractivity contribution in [3.05, 3.63) is 58.1 Å². The van der Waals surface area contributed by atoms with Crippen LogP contribution in [-0.4, -0.2) is 27.4 Å². The molecule has 1 aromatic carbocycles. The van der Waals surface area contributed by atoms with E-state index in [4.69, 9.17) is 0 Å². The number of carbonyl (C=O) groups is 1. The number of halogens is 2. The molecular weight excluding hydrogens is 353 g/mol. The summed E-state index contributed by atoms with van der Waals surface area (Å²) in [5.74, 6) is -0.847. The maximum absolute atomic E-state index is 13.6. The van der Waals surface area contributed by atoms with Crippen LogP contribution in [-0.2, 0) is 11.8 Å². The molecule has 0 spiro atoms. The summed E-state index contributed by atoms with van der Waals surface area (Å²) in [5, 5.41) is 16.0. The van der Waals surface area contributed by atoms with Crippen LogP contribution in [0.5, 0.6) is 0 Å². The number of amides is 1. The average Bonchev–Trinajstić information content (AvgIpc) is 2.92. The monoisotopic (exact) mass is 367 g/mol. The minimum absolute atomic E-state index is 0.253. The Bertz CT molecular complexity index is 700. The van der Waals surface area contributed by atoms with Crippen molar-refractivity contribution in [3.63, 3.8) is 0 Å². The molecule has 2 N–H and O–H groups in total. The van der Waals surface area contributed by atoms with Gasteiger partial charge in [0.1, 0.15) is 5.82 Å². The molecule has 1 aromatic heterocycles. The Morgan fingerprint density at radius 3 is 3.00 bits per heavy atom. The lowest BCUT2D eigenvalue weighted by molar-refractivity contribution is -0.117. The topological polar surface area (TPSA) is 67.2 Å². The largest absolute Gasteiger partial charge is 0.394 e. The molecule has 0 radical (unpaired) electrons. The summed E-state index contributed by atoms with van der Waals surface area (Å²) < 4.78 is 15.9. The zero-order chi connectivity index (χ0) is 16.1. The Hall–Kier alpha value is -1.99. The maximum atomic E-state index is 13.6. The first kappa shape index (κ1) is 16.4. The predicted octanol–water partition coefficient (Wildman–Crippen LogP) is 2.18. The number of aromatic nitrogens is 2. The highest BCUT2D eigenvalue weighted by Crippen LogP contribution is 2.17. The molecule has 1 amide bonds. The molecule has 1 unspecified atom stereocenters. The number of rotatable bonds is 5. The van der Waals surface area contributed by atoms with E-state index in [9.17, 15) is 14.3 Å². The zero-order valence-corrected chi connectivity index (χ0v) is 13.4. The molecule has 2 aromatic rings. The summed E-state index contributed by atoms with van der Waals surface area (Å²) in [6.07, 6.45) is 5.88. The van der Waals surface area contributed by atoms with Crippen LogP contribution in [0, 0.1) is 5.82 Å². The number of aryl methyl sites for hydroxylation is 1. The molecule has 0 saturated heterocycles. The van der Waals surface area contributed by atoms with Crippen molar-refractivity contribution in [1.29, 1.82) is 0 Å². The molecule has 5 nitrogen and oxygen atoms in total. The Kier molecular flexibility index (Phi) is 5.46. The van der Waals surface area contributed by atoms with Crippen LogP contribution >= 0.6 is 15.9 Å². The van der Waals surface area contributed by atoms with E-state index < -0.39 is 17.8 Å². The van der Waals surface area contributed by atoms with Gasteiger partial charge in [0, 0.05) is 34.9 Å². The Labute approximate surface area is 135 Å². The molecule has 1 heterocycles. The van der Waals surface area contributed by atoms with Gasteiger partial charge < -0.3 is 10.4 Å². The van der Waals surface area contributed by atoms with Gasteiger partial charge in [-0.25, -0.2) is 4.39 Å². The highest BCUT2D eigenvalue weighted by molar-refractivity contribution is 9.10. The van der Waals surface area contributed by atoms with E-state index in [0.29, 0.717) is 11.1 Å². The lowest BCUT2D eigenvalue weighted by atomic mass is 10.1. The van der Waals surface area contributed by atoms with Gasteiger partial charge in [-0.1, -0.05) is 15.9 Å². The van der Waals surface area contributed by atoms with Crippen molar-refractivity contribution in [2.45, 2.75) is 6.04 Å². The molecule has 7 heteroatoms. The van der Waals surface area contributed by atoms with Gasteiger partial charge >= 0.3 is 0 Å². The van der Waals surface area contributed by atoms with Crippen molar-refractivity contribution in [3.8, 4) is 0 Å². The van der Waals surface area contributed by atoms with Crippen LogP contribution in [0.15, 0.2) is 41.1 Å². The molecule has 0 aliphatic carbocycles. The summed E-state index contributed by atoms with van der Waals surface area (Å²) in [4.78, 5) is 11.9. The van der Waals surface area contributed by atoms with Crippen molar-refractivity contribution in [1.82, 2.24) is 15.1 Å². The van der Waals surface area contributed by atoms with Crippen LogP contribution in [0.4, 0.5) is 4.39 Å². The van der Waals surface area contributed by atoms with Crippen molar-refractivity contribution >= 4 is 27.9 Å². The average molecular weight is 368 g/mol. The van der Waals surface area contributed by atoms with Crippen LogP contribution in [0.2, 0.25) is 0 Å². The second-order valence-corrected chi connectivity index (χ2v) is 5.61. The first-order valence-corrected chi connectivity index (χ1v) is 7.32. The Morgan fingerprint density at radius 2 is 2.36 bits per heavy atom. The van der Waals surface area contributed by atoms with E-state index in [-0.39, 0.29) is 6.61 Å². The SMILES string of the molecule is Cn1cc(C(CO)NC(=O)/C=C/c2cc(Br)ccc2F)cn1. The Morgan fingerprint density at radius 1 is 1.59 bits per heavy atom. The number of nitrogens with one attached hydrogen (secondary N) is 1. The zero-order valence-electron chi connectivity index (χ0n) is 11.8. The molecule has 0 saturated carbocycles. The van der Waals surface area contributed by atoms with Crippen LogP contribution in [0.25, 0.3) is 6.08 Å². The third-order valence-electron chi connectivity index (χ3n) is 3.00. The summed E-state index contributed by atoms with van der Waals surface area (Å²) in [7, 11) is 1.75. The van der Waals surface area contributed by atoms with Crippen LogP contribution in [0.1, 0.15) is 17.2 Å². The van der Waals surface area contributed by atoms with Crippen molar-refractivity contribution < 1.29 is 14.3 Å². The minimum atomic E-state index is -0.557. The maximum Gasteiger partial charge on any atom is 0.244 e. The van der Waals surface area contributed by atoms with Crippen LogP contribution in [0.3, 0.4) is 0 Å². The van der Waals surface area contributed by atoms with E-state index >= 15 is 0 Å². The van der Waals surface area contributed by atoms with Gasteiger partial charge in [0.2, 0.25) is 5.91 Å². The normalized spacial score (nSPS) is 12.5. The standard InChI is InChI=1S/C15H15BrFN3O2/c1-20-8-11(7-18-20)14(9-21)19-15(22)5-2-10-6-12(16)3-4-13(10)17/h2-8,14,21H,9H2,1H3,(H,19,22)/b5-2+. The van der Waals surface area contributed by atoms with E-state index in [2.05, 4.69) is 26.3 Å². The molecule has 0 aliphatic heterocycles. The fourth-order valence-electron chi connectivity index (χ4n) is 1.88. The predicted molar refractivity (Wildman–Crippen MR) is 84.3 cm³/mol. The Balaban J connectivity index is 2.05. The van der Waals surface area contributed by atoms with Crippen molar-refractivity contribution in [2.75, 3.05) is 6.61 Å². The smallest absolute Gasteiger partial charge is 0.244 e. The molecule has 2 rings (SSSR count). The number of benzene rings is 1. The molecule has 116 valence electrons. The first-order valence-electron chi connectivity index (χ1n) is 6.52. The van der Waals surface area contributed by atoms with E-state index in [1.54, 1.807) is 36.3 Å². The lowest BCUT2D eigenvalue weighted by Gasteiger charge is -2.12. The summed E-state index contributed by atoms with van der Waals surface area (Å²) in [5.41, 5.74) is 0.992. The summed E-state index contributed by atoms with van der Waals surface area (Å²) >= 11 is 3.24. The van der Waals surface area contributed by atoms with E-state index in [0.717, 1.165) is 4.47 Å². The van der Waals surface area contributed by atoms with E-state index in [1.165, 1.54) is 18.2 Å². The van der Waals surface area contributed by atoms with Gasteiger partial charge in [-0.2, -0.15) is 5.10 Å². The van der Waals surface area contributed by atoms with Crippen LogP contribution < -0.4 is 5.32 Å². The number of aliphatic hydroxyl groups excluding tert-OH is 1. The lowest BCUT2D eigenvalue weighted by Crippen LogP contribution is -2.29. The molecule has 0 bridgehead atoms. The number of hydrogen-bond donors (Lipinski definition) is 2. The second kappa shape index (κ2) is 7.33.